The third-order valence-corrected chi connectivity index (χ3v) is 6.85. The molecule has 0 aliphatic heterocycles. The fourth-order valence-corrected chi connectivity index (χ4v) is 4.90. The predicted octanol–water partition coefficient (Wildman–Crippen LogP) is 6.00. The number of carbonyl (C=O) groups is 2. The third kappa shape index (κ3) is 6.63. The lowest BCUT2D eigenvalue weighted by Gasteiger charge is -2.31. The number of benzene rings is 2. The van der Waals surface area contributed by atoms with Gasteiger partial charge in [0.25, 0.3) is 5.91 Å². The topological polar surface area (TPSA) is 58.6 Å². The maximum absolute atomic E-state index is 13.3. The van der Waals surface area contributed by atoms with Gasteiger partial charge in [0.1, 0.15) is 11.8 Å². The Morgan fingerprint density at radius 2 is 1.91 bits per heavy atom. The molecule has 0 heterocycles. The van der Waals surface area contributed by atoms with Crippen LogP contribution < -0.4 is 10.1 Å². The van der Waals surface area contributed by atoms with Gasteiger partial charge in [0.05, 0.1) is 4.47 Å². The average Bonchev–Trinajstić information content (AvgIpc) is 3.27. The van der Waals surface area contributed by atoms with E-state index in [-0.39, 0.29) is 31.0 Å². The van der Waals surface area contributed by atoms with E-state index in [1.807, 2.05) is 25.1 Å². The lowest BCUT2D eigenvalue weighted by Crippen LogP contribution is -2.52. The van der Waals surface area contributed by atoms with Gasteiger partial charge in [-0.15, -0.1) is 0 Å². The number of halogens is 3. The second-order valence-corrected chi connectivity index (χ2v) is 9.59. The predicted molar refractivity (Wildman–Crippen MR) is 131 cm³/mol. The lowest BCUT2D eigenvalue weighted by atomic mass is 10.1. The first-order valence-electron chi connectivity index (χ1n) is 10.8. The molecule has 0 aromatic heterocycles. The van der Waals surface area contributed by atoms with Crippen molar-refractivity contribution in [2.24, 2.45) is 0 Å². The molecule has 1 aliphatic rings. The van der Waals surface area contributed by atoms with Gasteiger partial charge in [0.15, 0.2) is 6.61 Å². The number of ether oxygens (including phenoxy) is 1. The molecule has 1 saturated carbocycles. The Bertz CT molecular complexity index is 951. The highest BCUT2D eigenvalue weighted by atomic mass is 79.9. The minimum atomic E-state index is -0.614. The van der Waals surface area contributed by atoms with Crippen molar-refractivity contribution < 1.29 is 14.3 Å². The van der Waals surface area contributed by atoms with Crippen molar-refractivity contribution >= 4 is 50.9 Å². The van der Waals surface area contributed by atoms with E-state index < -0.39 is 6.04 Å². The van der Waals surface area contributed by atoms with Crippen LogP contribution in [0, 0.1) is 0 Å². The van der Waals surface area contributed by atoms with E-state index >= 15 is 0 Å². The molecule has 2 aromatic carbocycles. The molecule has 0 saturated heterocycles. The minimum Gasteiger partial charge on any atom is -0.483 e. The van der Waals surface area contributed by atoms with Crippen LogP contribution in [0.4, 0.5) is 0 Å². The van der Waals surface area contributed by atoms with Gasteiger partial charge in [0.2, 0.25) is 5.91 Å². The van der Waals surface area contributed by atoms with Crippen molar-refractivity contribution in [1.82, 2.24) is 10.2 Å². The molecule has 5 nitrogen and oxygen atoms in total. The summed E-state index contributed by atoms with van der Waals surface area (Å²) >= 11 is 15.7. The minimum absolute atomic E-state index is 0.132. The standard InChI is InChI=1S/C24H27BrCl2N2O3/c1-2-21(24(31)28-18-8-4-5-9-18)29(14-16-7-3-6-10-20(16)27)23(30)15-32-22-12-11-17(26)13-19(22)25/h3,6-7,10-13,18,21H,2,4-5,8-9,14-15H2,1H3,(H,28,31)/t21-/m0/s1. The fourth-order valence-electron chi connectivity index (χ4n) is 3.91. The zero-order valence-electron chi connectivity index (χ0n) is 18.0. The lowest BCUT2D eigenvalue weighted by molar-refractivity contribution is -0.143. The monoisotopic (exact) mass is 540 g/mol. The third-order valence-electron chi connectivity index (χ3n) is 5.63. The molecule has 1 fully saturated rings. The van der Waals surface area contributed by atoms with E-state index in [4.69, 9.17) is 27.9 Å². The Morgan fingerprint density at radius 3 is 2.56 bits per heavy atom. The molecule has 1 aliphatic carbocycles. The number of carbonyl (C=O) groups excluding carboxylic acids is 2. The van der Waals surface area contributed by atoms with Gasteiger partial charge in [-0.2, -0.15) is 0 Å². The first-order valence-corrected chi connectivity index (χ1v) is 12.3. The van der Waals surface area contributed by atoms with Crippen LogP contribution in [0.5, 0.6) is 5.75 Å². The number of hydrogen-bond donors (Lipinski definition) is 1. The van der Waals surface area contributed by atoms with E-state index in [0.29, 0.717) is 26.7 Å². The quantitative estimate of drug-likeness (QED) is 0.423. The van der Waals surface area contributed by atoms with Crippen molar-refractivity contribution in [3.05, 3.63) is 62.5 Å². The summed E-state index contributed by atoms with van der Waals surface area (Å²) in [5.41, 5.74) is 0.780. The molecule has 8 heteroatoms. The summed E-state index contributed by atoms with van der Waals surface area (Å²) in [6.07, 6.45) is 4.68. The molecule has 1 atom stereocenters. The largest absolute Gasteiger partial charge is 0.483 e. The summed E-state index contributed by atoms with van der Waals surface area (Å²) in [5, 5.41) is 4.24. The Balaban J connectivity index is 1.78. The molecule has 0 unspecified atom stereocenters. The molecule has 0 radical (unpaired) electrons. The van der Waals surface area contributed by atoms with Gasteiger partial charge in [-0.05, 0) is 65.0 Å². The summed E-state index contributed by atoms with van der Waals surface area (Å²) in [6.45, 7) is 1.92. The number of hydrogen-bond acceptors (Lipinski definition) is 3. The smallest absolute Gasteiger partial charge is 0.261 e. The van der Waals surface area contributed by atoms with Crippen molar-refractivity contribution in [2.45, 2.75) is 57.7 Å². The molecule has 3 rings (SSSR count). The molecular weight excluding hydrogens is 515 g/mol. The van der Waals surface area contributed by atoms with Crippen LogP contribution >= 0.6 is 39.1 Å². The fraction of sp³-hybridized carbons (Fsp3) is 0.417. The van der Waals surface area contributed by atoms with Crippen LogP contribution in [-0.2, 0) is 16.1 Å². The van der Waals surface area contributed by atoms with Crippen LogP contribution in [0.3, 0.4) is 0 Å². The van der Waals surface area contributed by atoms with E-state index in [1.54, 1.807) is 29.2 Å². The normalized spacial score (nSPS) is 14.8. The zero-order chi connectivity index (χ0) is 23.1. The summed E-state index contributed by atoms with van der Waals surface area (Å²) < 4.78 is 6.40. The Hall–Kier alpha value is -1.76. The van der Waals surface area contributed by atoms with Crippen molar-refractivity contribution in [1.29, 1.82) is 0 Å². The summed E-state index contributed by atoms with van der Waals surface area (Å²) in [6, 6.07) is 12.0. The molecule has 2 aromatic rings. The van der Waals surface area contributed by atoms with E-state index in [2.05, 4.69) is 21.2 Å². The first-order chi connectivity index (χ1) is 15.4. The van der Waals surface area contributed by atoms with Crippen LogP contribution in [-0.4, -0.2) is 35.4 Å². The highest BCUT2D eigenvalue weighted by Gasteiger charge is 2.31. The molecule has 1 N–H and O–H groups in total. The van der Waals surface area contributed by atoms with E-state index in [1.165, 1.54) is 0 Å². The van der Waals surface area contributed by atoms with E-state index in [9.17, 15) is 9.59 Å². The zero-order valence-corrected chi connectivity index (χ0v) is 21.0. The van der Waals surface area contributed by atoms with Crippen molar-refractivity contribution in [2.75, 3.05) is 6.61 Å². The van der Waals surface area contributed by atoms with Gasteiger partial charge in [-0.25, -0.2) is 0 Å². The van der Waals surface area contributed by atoms with Crippen LogP contribution in [0.2, 0.25) is 10.0 Å². The van der Waals surface area contributed by atoms with Crippen LogP contribution in [0.25, 0.3) is 0 Å². The van der Waals surface area contributed by atoms with Gasteiger partial charge >= 0.3 is 0 Å². The van der Waals surface area contributed by atoms with Gasteiger partial charge in [-0.1, -0.05) is 61.2 Å². The van der Waals surface area contributed by atoms with Crippen molar-refractivity contribution in [3.8, 4) is 5.75 Å². The maximum atomic E-state index is 13.3. The summed E-state index contributed by atoms with van der Waals surface area (Å²) in [5.74, 6) is 0.0802. The molecule has 172 valence electrons. The Morgan fingerprint density at radius 1 is 1.19 bits per heavy atom. The van der Waals surface area contributed by atoms with Gasteiger partial charge in [0, 0.05) is 22.6 Å². The average molecular weight is 542 g/mol. The Kier molecular flexibility index (Phi) is 9.26. The number of nitrogens with zero attached hydrogens (tertiary/aromatic N) is 1. The second-order valence-electron chi connectivity index (χ2n) is 7.89. The first kappa shape index (κ1) is 24.9. The molecule has 0 bridgehead atoms. The van der Waals surface area contributed by atoms with Crippen LogP contribution in [0.15, 0.2) is 46.9 Å². The summed E-state index contributed by atoms with van der Waals surface area (Å²) in [7, 11) is 0. The number of rotatable bonds is 9. The SMILES string of the molecule is CC[C@@H](C(=O)NC1CCCC1)N(Cc1ccccc1Cl)C(=O)COc1ccc(Cl)cc1Br. The number of nitrogens with one attached hydrogen (secondary N) is 1. The second kappa shape index (κ2) is 11.9. The maximum Gasteiger partial charge on any atom is 0.261 e. The van der Waals surface area contributed by atoms with Crippen LogP contribution in [0.1, 0.15) is 44.6 Å². The Labute approximate surface area is 207 Å². The van der Waals surface area contributed by atoms with Crippen molar-refractivity contribution in [3.63, 3.8) is 0 Å². The molecular formula is C24H27BrCl2N2O3. The van der Waals surface area contributed by atoms with E-state index in [0.717, 1.165) is 31.2 Å². The molecule has 0 spiro atoms. The van der Waals surface area contributed by atoms with Gasteiger partial charge in [-0.3, -0.25) is 9.59 Å². The highest BCUT2D eigenvalue weighted by Crippen LogP contribution is 2.28. The molecule has 32 heavy (non-hydrogen) atoms. The van der Waals surface area contributed by atoms with Gasteiger partial charge < -0.3 is 15.0 Å². The number of amides is 2. The molecule has 2 amide bonds. The summed E-state index contributed by atoms with van der Waals surface area (Å²) in [4.78, 5) is 28.0. The highest BCUT2D eigenvalue weighted by molar-refractivity contribution is 9.10.